The summed E-state index contributed by atoms with van der Waals surface area (Å²) in [6.45, 7) is 1.92. The van der Waals surface area contributed by atoms with Crippen LogP contribution in [0.15, 0.2) is 29.8 Å². The third kappa shape index (κ3) is 2.11. The molecule has 3 heterocycles. The maximum absolute atomic E-state index is 5.66. The molecular formula is C13H13N3S2. The first-order chi connectivity index (χ1) is 8.74. The predicted octanol–water partition coefficient (Wildman–Crippen LogP) is 2.34. The Morgan fingerprint density at radius 1 is 1.44 bits per heavy atom. The van der Waals surface area contributed by atoms with Gasteiger partial charge in [-0.3, -0.25) is 0 Å². The van der Waals surface area contributed by atoms with Crippen LogP contribution in [0.25, 0.3) is 0 Å². The first-order valence-electron chi connectivity index (χ1n) is 5.80. The molecule has 0 aliphatic carbocycles. The van der Waals surface area contributed by atoms with Crippen LogP contribution in [0.3, 0.4) is 0 Å². The van der Waals surface area contributed by atoms with Gasteiger partial charge in [0.25, 0.3) is 0 Å². The first kappa shape index (κ1) is 11.6. The lowest BCUT2D eigenvalue weighted by atomic mass is 10.1. The van der Waals surface area contributed by atoms with Gasteiger partial charge in [0.2, 0.25) is 0 Å². The molecule has 18 heavy (non-hydrogen) atoms. The van der Waals surface area contributed by atoms with Gasteiger partial charge in [0, 0.05) is 29.7 Å². The van der Waals surface area contributed by atoms with Crippen LogP contribution < -0.4 is 10.6 Å². The fourth-order valence-corrected chi connectivity index (χ4v) is 3.21. The van der Waals surface area contributed by atoms with E-state index in [9.17, 15) is 0 Å². The minimum Gasteiger partial charge on any atom is -0.389 e. The molecule has 0 saturated heterocycles. The molecule has 1 aliphatic heterocycles. The van der Waals surface area contributed by atoms with E-state index >= 15 is 0 Å². The van der Waals surface area contributed by atoms with Crippen molar-refractivity contribution >= 4 is 34.4 Å². The number of hydrogen-bond donors (Lipinski definition) is 1. The summed E-state index contributed by atoms with van der Waals surface area (Å²) >= 11 is 6.85. The Kier molecular flexibility index (Phi) is 3.01. The number of anilines is 1. The SMILES string of the molecule is NC(=S)c1ccnc(N2CCc3sccc3C2)c1. The van der Waals surface area contributed by atoms with E-state index in [1.807, 2.05) is 23.5 Å². The Balaban J connectivity index is 1.88. The number of nitrogens with zero attached hydrogens (tertiary/aromatic N) is 2. The van der Waals surface area contributed by atoms with Crippen molar-refractivity contribution in [3.05, 3.63) is 45.8 Å². The zero-order chi connectivity index (χ0) is 12.5. The number of fused-ring (bicyclic) bond motifs is 1. The molecule has 0 saturated carbocycles. The number of hydrogen-bond acceptors (Lipinski definition) is 4. The number of aromatic nitrogens is 1. The molecule has 0 fully saturated rings. The minimum absolute atomic E-state index is 0.423. The van der Waals surface area contributed by atoms with Gasteiger partial charge in [-0.25, -0.2) is 4.98 Å². The summed E-state index contributed by atoms with van der Waals surface area (Å²) in [5, 5.41) is 2.16. The van der Waals surface area contributed by atoms with Gasteiger partial charge < -0.3 is 10.6 Å². The van der Waals surface area contributed by atoms with Crippen molar-refractivity contribution in [3.63, 3.8) is 0 Å². The van der Waals surface area contributed by atoms with Gasteiger partial charge in [0.15, 0.2) is 0 Å². The highest BCUT2D eigenvalue weighted by Gasteiger charge is 2.18. The van der Waals surface area contributed by atoms with Crippen molar-refractivity contribution in [1.82, 2.24) is 4.98 Å². The van der Waals surface area contributed by atoms with Crippen molar-refractivity contribution < 1.29 is 0 Å². The lowest BCUT2D eigenvalue weighted by molar-refractivity contribution is 0.732. The Labute approximate surface area is 115 Å². The van der Waals surface area contributed by atoms with Crippen LogP contribution in [-0.2, 0) is 13.0 Å². The Morgan fingerprint density at radius 2 is 2.33 bits per heavy atom. The molecule has 0 spiro atoms. The average Bonchev–Trinajstić information content (AvgIpc) is 2.86. The highest BCUT2D eigenvalue weighted by molar-refractivity contribution is 7.80. The minimum atomic E-state index is 0.423. The molecule has 0 unspecified atom stereocenters. The van der Waals surface area contributed by atoms with Crippen LogP contribution in [0.1, 0.15) is 16.0 Å². The summed E-state index contributed by atoms with van der Waals surface area (Å²) < 4.78 is 0. The smallest absolute Gasteiger partial charge is 0.129 e. The molecule has 5 heteroatoms. The summed E-state index contributed by atoms with van der Waals surface area (Å²) in [6.07, 6.45) is 2.86. The van der Waals surface area contributed by atoms with Gasteiger partial charge in [0.1, 0.15) is 10.8 Å². The van der Waals surface area contributed by atoms with Crippen molar-refractivity contribution in [2.75, 3.05) is 11.4 Å². The summed E-state index contributed by atoms with van der Waals surface area (Å²) in [5.74, 6) is 0.956. The van der Waals surface area contributed by atoms with Gasteiger partial charge in [-0.05, 0) is 35.6 Å². The van der Waals surface area contributed by atoms with Crippen LogP contribution in [0, 0.1) is 0 Å². The molecule has 92 valence electrons. The molecule has 0 bridgehead atoms. The van der Waals surface area contributed by atoms with E-state index in [0.717, 1.165) is 30.9 Å². The normalized spacial score (nSPS) is 14.3. The molecule has 0 radical (unpaired) electrons. The largest absolute Gasteiger partial charge is 0.389 e. The highest BCUT2D eigenvalue weighted by Crippen LogP contribution is 2.26. The van der Waals surface area contributed by atoms with Crippen molar-refractivity contribution in [3.8, 4) is 0 Å². The molecule has 3 nitrogen and oxygen atoms in total. The Hall–Kier alpha value is -1.46. The van der Waals surface area contributed by atoms with Crippen molar-refractivity contribution in [1.29, 1.82) is 0 Å². The molecule has 2 aromatic rings. The molecule has 0 amide bonds. The maximum atomic E-state index is 5.66. The lowest BCUT2D eigenvalue weighted by Gasteiger charge is -2.28. The van der Waals surface area contributed by atoms with Crippen molar-refractivity contribution in [2.45, 2.75) is 13.0 Å². The fraction of sp³-hybridized carbons (Fsp3) is 0.231. The molecular weight excluding hydrogens is 262 g/mol. The van der Waals surface area contributed by atoms with Crippen LogP contribution in [0.5, 0.6) is 0 Å². The summed E-state index contributed by atoms with van der Waals surface area (Å²) in [7, 11) is 0. The second-order valence-corrected chi connectivity index (χ2v) is 5.75. The molecule has 2 N–H and O–H groups in total. The zero-order valence-electron chi connectivity index (χ0n) is 9.80. The molecule has 2 aromatic heterocycles. The van der Waals surface area contributed by atoms with Gasteiger partial charge >= 0.3 is 0 Å². The number of thiophene rings is 1. The highest BCUT2D eigenvalue weighted by atomic mass is 32.1. The fourth-order valence-electron chi connectivity index (χ4n) is 2.19. The summed E-state index contributed by atoms with van der Waals surface area (Å²) in [4.78, 5) is 8.61. The summed E-state index contributed by atoms with van der Waals surface area (Å²) in [5.41, 5.74) is 7.95. The van der Waals surface area contributed by atoms with E-state index in [2.05, 4.69) is 21.3 Å². The third-order valence-corrected chi connectivity index (χ3v) is 4.42. The topological polar surface area (TPSA) is 42.1 Å². The maximum Gasteiger partial charge on any atom is 0.129 e. The van der Waals surface area contributed by atoms with E-state index in [4.69, 9.17) is 18.0 Å². The van der Waals surface area contributed by atoms with E-state index in [-0.39, 0.29) is 0 Å². The number of rotatable bonds is 2. The first-order valence-corrected chi connectivity index (χ1v) is 7.09. The monoisotopic (exact) mass is 275 g/mol. The number of pyridine rings is 1. The van der Waals surface area contributed by atoms with Crippen LogP contribution in [0.4, 0.5) is 5.82 Å². The standard InChI is InChI=1S/C13H13N3S2/c14-13(17)9-1-4-15-12(7-9)16-5-2-11-10(8-16)3-6-18-11/h1,3-4,6-7H,2,5,8H2,(H2,14,17). The van der Waals surface area contributed by atoms with Gasteiger partial charge in [-0.2, -0.15) is 0 Å². The third-order valence-electron chi connectivity index (χ3n) is 3.16. The molecule has 0 atom stereocenters. The predicted molar refractivity (Wildman–Crippen MR) is 79.2 cm³/mol. The van der Waals surface area contributed by atoms with E-state index in [0.29, 0.717) is 4.99 Å². The number of nitrogens with two attached hydrogens (primary N) is 1. The Bertz CT molecular complexity index is 591. The lowest BCUT2D eigenvalue weighted by Crippen LogP contribution is -2.30. The van der Waals surface area contributed by atoms with Gasteiger partial charge in [-0.1, -0.05) is 12.2 Å². The van der Waals surface area contributed by atoms with Gasteiger partial charge in [-0.15, -0.1) is 11.3 Å². The Morgan fingerprint density at radius 3 is 3.17 bits per heavy atom. The van der Waals surface area contributed by atoms with E-state index < -0.39 is 0 Å². The molecule has 3 rings (SSSR count). The van der Waals surface area contributed by atoms with Crippen molar-refractivity contribution in [2.24, 2.45) is 5.73 Å². The second-order valence-electron chi connectivity index (χ2n) is 4.31. The number of thiocarbonyl (C=S) groups is 1. The van der Waals surface area contributed by atoms with E-state index in [1.54, 1.807) is 6.20 Å². The summed E-state index contributed by atoms with van der Waals surface area (Å²) in [6, 6.07) is 6.02. The van der Waals surface area contributed by atoms with Crippen LogP contribution in [0.2, 0.25) is 0 Å². The van der Waals surface area contributed by atoms with E-state index in [1.165, 1.54) is 10.4 Å². The average molecular weight is 275 g/mol. The molecule has 0 aromatic carbocycles. The van der Waals surface area contributed by atoms with Crippen LogP contribution >= 0.6 is 23.6 Å². The zero-order valence-corrected chi connectivity index (χ0v) is 11.4. The molecule has 1 aliphatic rings. The second kappa shape index (κ2) is 4.66. The quantitative estimate of drug-likeness (QED) is 0.854. The van der Waals surface area contributed by atoms with Crippen LogP contribution in [-0.4, -0.2) is 16.5 Å². The van der Waals surface area contributed by atoms with Gasteiger partial charge in [0.05, 0.1) is 0 Å².